The molecular formula is C16H15N5O2. The van der Waals surface area contributed by atoms with Crippen LogP contribution in [0.2, 0.25) is 0 Å². The molecule has 23 heavy (non-hydrogen) atoms. The number of anilines is 1. The van der Waals surface area contributed by atoms with E-state index in [1.165, 1.54) is 6.20 Å². The Morgan fingerprint density at radius 1 is 1.22 bits per heavy atom. The molecule has 0 atom stereocenters. The van der Waals surface area contributed by atoms with Crippen LogP contribution in [0.1, 0.15) is 11.4 Å². The molecule has 3 aromatic heterocycles. The van der Waals surface area contributed by atoms with Gasteiger partial charge >= 0.3 is 6.09 Å². The summed E-state index contributed by atoms with van der Waals surface area (Å²) >= 11 is 0. The minimum absolute atomic E-state index is 0.415. The molecule has 0 aliphatic rings. The van der Waals surface area contributed by atoms with E-state index in [1.807, 2.05) is 26.0 Å². The fourth-order valence-electron chi connectivity index (χ4n) is 2.20. The number of imidazole rings is 1. The Hall–Kier alpha value is -3.22. The first-order valence-corrected chi connectivity index (χ1v) is 6.98. The number of rotatable bonds is 3. The maximum Gasteiger partial charge on any atom is 0.409 e. The molecule has 0 saturated carbocycles. The SMILES string of the molecule is Cc1nc(-c2cc(-c3cncc(NC(=O)O)c3)ccn2)[nH]c1C. The lowest BCUT2D eigenvalue weighted by atomic mass is 10.1. The molecule has 0 fully saturated rings. The number of H-pyrrole nitrogens is 1. The predicted molar refractivity (Wildman–Crippen MR) is 86.2 cm³/mol. The highest BCUT2D eigenvalue weighted by Gasteiger charge is 2.09. The summed E-state index contributed by atoms with van der Waals surface area (Å²) < 4.78 is 0. The van der Waals surface area contributed by atoms with Crippen molar-refractivity contribution in [2.75, 3.05) is 5.32 Å². The summed E-state index contributed by atoms with van der Waals surface area (Å²) in [5, 5.41) is 11.1. The Morgan fingerprint density at radius 2 is 2.04 bits per heavy atom. The van der Waals surface area contributed by atoms with Gasteiger partial charge in [-0.2, -0.15) is 0 Å². The van der Waals surface area contributed by atoms with Crippen LogP contribution in [0.25, 0.3) is 22.6 Å². The summed E-state index contributed by atoms with van der Waals surface area (Å²) in [5.41, 5.74) is 4.74. The van der Waals surface area contributed by atoms with Crippen LogP contribution >= 0.6 is 0 Å². The third-order valence-corrected chi connectivity index (χ3v) is 3.45. The number of hydrogen-bond donors (Lipinski definition) is 3. The fraction of sp³-hybridized carbons (Fsp3) is 0.125. The first-order valence-electron chi connectivity index (χ1n) is 6.98. The van der Waals surface area contributed by atoms with Gasteiger partial charge in [-0.05, 0) is 37.6 Å². The van der Waals surface area contributed by atoms with Gasteiger partial charge in [0.05, 0.1) is 17.6 Å². The highest BCUT2D eigenvalue weighted by molar-refractivity contribution is 5.84. The van der Waals surface area contributed by atoms with E-state index in [0.717, 1.165) is 28.2 Å². The molecule has 0 aliphatic carbocycles. The molecule has 7 heteroatoms. The number of nitrogens with one attached hydrogen (secondary N) is 2. The van der Waals surface area contributed by atoms with Gasteiger partial charge in [-0.1, -0.05) is 0 Å². The summed E-state index contributed by atoms with van der Waals surface area (Å²) in [6.07, 6.45) is 3.69. The van der Waals surface area contributed by atoms with Crippen molar-refractivity contribution < 1.29 is 9.90 Å². The van der Waals surface area contributed by atoms with E-state index in [4.69, 9.17) is 5.11 Å². The minimum Gasteiger partial charge on any atom is -0.465 e. The summed E-state index contributed by atoms with van der Waals surface area (Å²) in [7, 11) is 0. The van der Waals surface area contributed by atoms with Crippen LogP contribution in [0.3, 0.4) is 0 Å². The zero-order valence-corrected chi connectivity index (χ0v) is 12.7. The second-order valence-electron chi connectivity index (χ2n) is 5.12. The Kier molecular flexibility index (Phi) is 3.76. The first-order chi connectivity index (χ1) is 11.0. The number of hydrogen-bond acceptors (Lipinski definition) is 4. The van der Waals surface area contributed by atoms with Crippen molar-refractivity contribution in [3.8, 4) is 22.6 Å². The number of carbonyl (C=O) groups is 1. The lowest BCUT2D eigenvalue weighted by Crippen LogP contribution is -2.07. The zero-order chi connectivity index (χ0) is 16.4. The second-order valence-corrected chi connectivity index (χ2v) is 5.12. The molecule has 3 aromatic rings. The van der Waals surface area contributed by atoms with E-state index in [2.05, 4.69) is 25.3 Å². The topological polar surface area (TPSA) is 104 Å². The van der Waals surface area contributed by atoms with Crippen molar-refractivity contribution in [2.24, 2.45) is 0 Å². The van der Waals surface area contributed by atoms with Crippen LogP contribution in [-0.2, 0) is 0 Å². The molecule has 0 aromatic carbocycles. The van der Waals surface area contributed by atoms with E-state index < -0.39 is 6.09 Å². The third kappa shape index (κ3) is 3.18. The summed E-state index contributed by atoms with van der Waals surface area (Å²) in [4.78, 5) is 26.8. The van der Waals surface area contributed by atoms with Crippen LogP contribution in [0, 0.1) is 13.8 Å². The summed E-state index contributed by atoms with van der Waals surface area (Å²) in [6, 6.07) is 5.45. The molecule has 7 nitrogen and oxygen atoms in total. The van der Waals surface area contributed by atoms with E-state index in [9.17, 15) is 4.79 Å². The monoisotopic (exact) mass is 309 g/mol. The highest BCUT2D eigenvalue weighted by atomic mass is 16.4. The van der Waals surface area contributed by atoms with Crippen LogP contribution in [0.15, 0.2) is 36.8 Å². The van der Waals surface area contributed by atoms with E-state index in [0.29, 0.717) is 11.5 Å². The normalized spacial score (nSPS) is 10.5. The van der Waals surface area contributed by atoms with Crippen molar-refractivity contribution in [1.82, 2.24) is 19.9 Å². The van der Waals surface area contributed by atoms with Gasteiger partial charge < -0.3 is 10.1 Å². The van der Waals surface area contributed by atoms with E-state index in [-0.39, 0.29) is 0 Å². The van der Waals surface area contributed by atoms with Gasteiger partial charge in [-0.3, -0.25) is 15.3 Å². The van der Waals surface area contributed by atoms with Crippen LogP contribution in [0.4, 0.5) is 10.5 Å². The molecule has 0 saturated heterocycles. The molecule has 0 spiro atoms. The van der Waals surface area contributed by atoms with Gasteiger partial charge in [-0.25, -0.2) is 9.78 Å². The maximum atomic E-state index is 10.7. The van der Waals surface area contributed by atoms with Crippen molar-refractivity contribution in [2.45, 2.75) is 13.8 Å². The first kappa shape index (κ1) is 14.7. The fourth-order valence-corrected chi connectivity index (χ4v) is 2.20. The number of aryl methyl sites for hydroxylation is 2. The molecule has 1 amide bonds. The smallest absolute Gasteiger partial charge is 0.409 e. The van der Waals surface area contributed by atoms with E-state index in [1.54, 1.807) is 18.5 Å². The lowest BCUT2D eigenvalue weighted by molar-refractivity contribution is 0.209. The number of nitrogens with zero attached hydrogens (tertiary/aromatic N) is 3. The molecule has 116 valence electrons. The number of aromatic nitrogens is 4. The van der Waals surface area contributed by atoms with Gasteiger partial charge in [0.2, 0.25) is 0 Å². The van der Waals surface area contributed by atoms with Crippen molar-refractivity contribution >= 4 is 11.8 Å². The quantitative estimate of drug-likeness (QED) is 0.689. The minimum atomic E-state index is -1.12. The molecule has 3 rings (SSSR count). The molecule has 0 radical (unpaired) electrons. The molecule has 0 aliphatic heterocycles. The number of aromatic amines is 1. The Labute approximate surface area is 132 Å². The van der Waals surface area contributed by atoms with Gasteiger partial charge in [0, 0.05) is 23.7 Å². The van der Waals surface area contributed by atoms with Crippen LogP contribution in [-0.4, -0.2) is 31.1 Å². The Morgan fingerprint density at radius 3 is 2.74 bits per heavy atom. The highest BCUT2D eigenvalue weighted by Crippen LogP contribution is 2.25. The Balaban J connectivity index is 1.98. The number of pyridine rings is 2. The molecular weight excluding hydrogens is 294 g/mol. The second kappa shape index (κ2) is 5.88. The largest absolute Gasteiger partial charge is 0.465 e. The molecule has 3 heterocycles. The Bertz CT molecular complexity index is 853. The van der Waals surface area contributed by atoms with Gasteiger partial charge in [0.15, 0.2) is 5.82 Å². The van der Waals surface area contributed by atoms with Crippen molar-refractivity contribution in [1.29, 1.82) is 0 Å². The van der Waals surface area contributed by atoms with Gasteiger partial charge in [-0.15, -0.1) is 0 Å². The lowest BCUT2D eigenvalue weighted by Gasteiger charge is -2.06. The number of amides is 1. The molecule has 0 unspecified atom stereocenters. The average molecular weight is 309 g/mol. The summed E-state index contributed by atoms with van der Waals surface area (Å²) in [6.45, 7) is 3.89. The van der Waals surface area contributed by atoms with Crippen LogP contribution in [0.5, 0.6) is 0 Å². The van der Waals surface area contributed by atoms with Crippen molar-refractivity contribution in [3.05, 3.63) is 48.2 Å². The predicted octanol–water partition coefficient (Wildman–Crippen LogP) is 3.24. The average Bonchev–Trinajstić information content (AvgIpc) is 2.87. The van der Waals surface area contributed by atoms with Gasteiger partial charge in [0.25, 0.3) is 0 Å². The maximum absolute atomic E-state index is 10.7. The van der Waals surface area contributed by atoms with Crippen LogP contribution < -0.4 is 5.32 Å². The van der Waals surface area contributed by atoms with Gasteiger partial charge in [0.1, 0.15) is 5.69 Å². The third-order valence-electron chi connectivity index (χ3n) is 3.45. The molecule has 3 N–H and O–H groups in total. The number of carboxylic acid groups (broad SMARTS) is 1. The molecule has 0 bridgehead atoms. The zero-order valence-electron chi connectivity index (χ0n) is 12.7. The standard InChI is InChI=1S/C16H15N5O2/c1-9-10(2)20-15(19-9)14-6-11(3-4-18-14)12-5-13(8-17-7-12)21-16(22)23/h3-8,21H,1-2H3,(H,19,20)(H,22,23). The van der Waals surface area contributed by atoms with E-state index >= 15 is 0 Å². The summed E-state index contributed by atoms with van der Waals surface area (Å²) in [5.74, 6) is 0.703. The van der Waals surface area contributed by atoms with Crippen molar-refractivity contribution in [3.63, 3.8) is 0 Å².